The zero-order valence-corrected chi connectivity index (χ0v) is 12.2. The van der Waals surface area contributed by atoms with Crippen LogP contribution in [0.1, 0.15) is 24.8 Å². The minimum atomic E-state index is -3.33. The molecule has 0 bridgehead atoms. The molecule has 0 atom stereocenters. The van der Waals surface area contributed by atoms with Gasteiger partial charge >= 0.3 is 0 Å². The normalized spacial score (nSPS) is 18.2. The highest BCUT2D eigenvalue weighted by Gasteiger charge is 2.27. The summed E-state index contributed by atoms with van der Waals surface area (Å²) >= 11 is 3.33. The number of aryl methyl sites for hydroxylation is 1. The predicted molar refractivity (Wildman–Crippen MR) is 71.5 cm³/mol. The molecule has 0 aromatic heterocycles. The van der Waals surface area contributed by atoms with Crippen LogP contribution in [0.5, 0.6) is 0 Å². The minimum absolute atomic E-state index is 0.388. The Morgan fingerprint density at radius 2 is 1.82 bits per heavy atom. The van der Waals surface area contributed by atoms with E-state index in [0.717, 1.165) is 24.8 Å². The Morgan fingerprint density at radius 3 is 2.47 bits per heavy atom. The molecule has 1 aliphatic rings. The van der Waals surface area contributed by atoms with E-state index in [-0.39, 0.29) is 0 Å². The fourth-order valence-electron chi connectivity index (χ4n) is 2.05. The summed E-state index contributed by atoms with van der Waals surface area (Å²) in [4.78, 5) is 0.388. The first kappa shape index (κ1) is 13.1. The van der Waals surface area contributed by atoms with E-state index in [1.54, 1.807) is 16.4 Å². The Balaban J connectivity index is 2.40. The topological polar surface area (TPSA) is 37.4 Å². The zero-order valence-electron chi connectivity index (χ0n) is 9.82. The highest BCUT2D eigenvalue weighted by atomic mass is 79.9. The molecular formula is C12H16BrNO2S. The van der Waals surface area contributed by atoms with Crippen LogP contribution in [-0.2, 0) is 10.0 Å². The van der Waals surface area contributed by atoms with E-state index in [0.29, 0.717) is 22.5 Å². The molecular weight excluding hydrogens is 302 g/mol. The van der Waals surface area contributed by atoms with E-state index in [4.69, 9.17) is 0 Å². The molecule has 0 spiro atoms. The third-order valence-corrected chi connectivity index (χ3v) is 5.91. The van der Waals surface area contributed by atoms with Crippen molar-refractivity contribution < 1.29 is 8.42 Å². The van der Waals surface area contributed by atoms with Crippen LogP contribution in [0.25, 0.3) is 0 Å². The molecule has 1 heterocycles. The molecule has 94 valence electrons. The molecule has 0 radical (unpaired) electrons. The van der Waals surface area contributed by atoms with Crippen molar-refractivity contribution in [1.29, 1.82) is 0 Å². The molecule has 0 unspecified atom stereocenters. The van der Waals surface area contributed by atoms with Crippen LogP contribution < -0.4 is 0 Å². The van der Waals surface area contributed by atoms with Gasteiger partial charge in [-0.3, -0.25) is 0 Å². The maximum Gasteiger partial charge on any atom is 0.244 e. The molecule has 0 aliphatic carbocycles. The second-order valence-corrected chi connectivity index (χ2v) is 7.16. The van der Waals surface area contributed by atoms with Crippen molar-refractivity contribution in [1.82, 2.24) is 4.31 Å². The number of halogens is 1. The predicted octanol–water partition coefficient (Wildman–Crippen LogP) is 2.93. The summed E-state index contributed by atoms with van der Waals surface area (Å²) < 4.78 is 27.2. The number of hydrogen-bond acceptors (Lipinski definition) is 2. The Labute approximate surface area is 111 Å². The lowest BCUT2D eigenvalue weighted by Crippen LogP contribution is -2.35. The molecule has 1 aliphatic heterocycles. The molecule has 0 saturated carbocycles. The lowest BCUT2D eigenvalue weighted by Gasteiger charge is -2.26. The summed E-state index contributed by atoms with van der Waals surface area (Å²) in [5, 5.41) is 0. The van der Waals surface area contributed by atoms with E-state index < -0.39 is 10.0 Å². The fraction of sp³-hybridized carbons (Fsp3) is 0.500. The van der Waals surface area contributed by atoms with E-state index in [9.17, 15) is 8.42 Å². The van der Waals surface area contributed by atoms with Crippen molar-refractivity contribution in [3.63, 3.8) is 0 Å². The second-order valence-electron chi connectivity index (χ2n) is 4.40. The van der Waals surface area contributed by atoms with Crippen LogP contribution >= 0.6 is 15.9 Å². The second kappa shape index (κ2) is 5.08. The number of rotatable bonds is 2. The fourth-order valence-corrected chi connectivity index (χ4v) is 4.58. The van der Waals surface area contributed by atoms with Gasteiger partial charge in [0, 0.05) is 17.6 Å². The third kappa shape index (κ3) is 2.72. The Morgan fingerprint density at radius 1 is 1.18 bits per heavy atom. The average Bonchev–Trinajstić information content (AvgIpc) is 2.33. The molecule has 3 nitrogen and oxygen atoms in total. The summed E-state index contributed by atoms with van der Waals surface area (Å²) in [6, 6.07) is 5.43. The van der Waals surface area contributed by atoms with Gasteiger partial charge in [-0.1, -0.05) is 12.5 Å². The molecule has 1 aromatic carbocycles. The maximum absolute atomic E-state index is 12.5. The summed E-state index contributed by atoms with van der Waals surface area (Å²) in [7, 11) is -3.33. The first-order chi connectivity index (χ1) is 8.01. The minimum Gasteiger partial charge on any atom is -0.207 e. The molecule has 1 fully saturated rings. The smallest absolute Gasteiger partial charge is 0.207 e. The van der Waals surface area contributed by atoms with E-state index in [1.165, 1.54) is 0 Å². The Bertz CT molecular complexity index is 507. The molecule has 1 saturated heterocycles. The zero-order chi connectivity index (χ0) is 12.5. The van der Waals surface area contributed by atoms with Crippen LogP contribution in [0.2, 0.25) is 0 Å². The lowest BCUT2D eigenvalue weighted by molar-refractivity contribution is 0.346. The third-order valence-electron chi connectivity index (χ3n) is 3.02. The van der Waals surface area contributed by atoms with Crippen molar-refractivity contribution in [3.05, 3.63) is 28.2 Å². The van der Waals surface area contributed by atoms with Gasteiger partial charge in [-0.15, -0.1) is 0 Å². The highest BCUT2D eigenvalue weighted by molar-refractivity contribution is 9.10. The summed E-state index contributed by atoms with van der Waals surface area (Å²) in [6.45, 7) is 3.19. The summed E-state index contributed by atoms with van der Waals surface area (Å²) in [6.07, 6.45) is 3.05. The monoisotopic (exact) mass is 317 g/mol. The van der Waals surface area contributed by atoms with Gasteiger partial charge < -0.3 is 0 Å². The van der Waals surface area contributed by atoms with Crippen LogP contribution in [-0.4, -0.2) is 25.8 Å². The van der Waals surface area contributed by atoms with Crippen LogP contribution in [0.3, 0.4) is 0 Å². The van der Waals surface area contributed by atoms with Gasteiger partial charge in [0.25, 0.3) is 0 Å². The molecule has 0 N–H and O–H groups in total. The number of benzene rings is 1. The van der Waals surface area contributed by atoms with Gasteiger partial charge in [0.15, 0.2) is 0 Å². The van der Waals surface area contributed by atoms with Gasteiger partial charge in [-0.25, -0.2) is 8.42 Å². The summed E-state index contributed by atoms with van der Waals surface area (Å²) in [5.74, 6) is 0. The average molecular weight is 318 g/mol. The van der Waals surface area contributed by atoms with Crippen LogP contribution in [0.15, 0.2) is 27.6 Å². The highest BCUT2D eigenvalue weighted by Crippen LogP contribution is 2.27. The van der Waals surface area contributed by atoms with Gasteiger partial charge in [-0.2, -0.15) is 4.31 Å². The number of piperidine rings is 1. The largest absolute Gasteiger partial charge is 0.244 e. The van der Waals surface area contributed by atoms with Gasteiger partial charge in [0.1, 0.15) is 0 Å². The van der Waals surface area contributed by atoms with Crippen LogP contribution in [0, 0.1) is 6.92 Å². The van der Waals surface area contributed by atoms with Crippen molar-refractivity contribution in [2.24, 2.45) is 0 Å². The quantitative estimate of drug-likeness (QED) is 0.841. The van der Waals surface area contributed by atoms with Crippen molar-refractivity contribution >= 4 is 26.0 Å². The first-order valence-corrected chi connectivity index (χ1v) is 8.01. The van der Waals surface area contributed by atoms with Crippen molar-refractivity contribution in [2.45, 2.75) is 31.1 Å². The number of sulfonamides is 1. The van der Waals surface area contributed by atoms with Crippen molar-refractivity contribution in [2.75, 3.05) is 13.1 Å². The molecule has 0 amide bonds. The van der Waals surface area contributed by atoms with Gasteiger partial charge in [0.2, 0.25) is 10.0 Å². The number of hydrogen-bond donors (Lipinski definition) is 0. The number of nitrogens with zero attached hydrogens (tertiary/aromatic N) is 1. The van der Waals surface area contributed by atoms with Crippen molar-refractivity contribution in [3.8, 4) is 0 Å². The molecule has 2 rings (SSSR count). The maximum atomic E-state index is 12.5. The van der Waals surface area contributed by atoms with Gasteiger partial charge in [-0.05, 0) is 53.4 Å². The van der Waals surface area contributed by atoms with E-state index >= 15 is 0 Å². The van der Waals surface area contributed by atoms with Crippen LogP contribution in [0.4, 0.5) is 0 Å². The Kier molecular flexibility index (Phi) is 3.90. The van der Waals surface area contributed by atoms with E-state index in [1.807, 2.05) is 13.0 Å². The Hall–Kier alpha value is -0.390. The standard InChI is InChI=1S/C12H16BrNO2S/c1-10-5-6-11(13)12(9-10)17(15,16)14-7-3-2-4-8-14/h5-6,9H,2-4,7-8H2,1H3. The molecule has 5 heteroatoms. The van der Waals surface area contributed by atoms with E-state index in [2.05, 4.69) is 15.9 Å². The molecule has 1 aromatic rings. The lowest BCUT2D eigenvalue weighted by atomic mass is 10.2. The SMILES string of the molecule is Cc1ccc(Br)c(S(=O)(=O)N2CCCCC2)c1. The summed E-state index contributed by atoms with van der Waals surface area (Å²) in [5.41, 5.74) is 0.962. The first-order valence-electron chi connectivity index (χ1n) is 5.78. The molecule has 17 heavy (non-hydrogen) atoms. The van der Waals surface area contributed by atoms with Gasteiger partial charge in [0.05, 0.1) is 4.90 Å².